The number of hydrogen-bond donors (Lipinski definition) is 1. The highest BCUT2D eigenvalue weighted by atomic mass is 32.1. The second kappa shape index (κ2) is 7.42. The average Bonchev–Trinajstić information content (AvgIpc) is 2.80. The van der Waals surface area contributed by atoms with Crippen LogP contribution in [0.25, 0.3) is 0 Å². The minimum absolute atomic E-state index is 0.355. The van der Waals surface area contributed by atoms with Crippen molar-refractivity contribution < 1.29 is 14.3 Å². The first-order chi connectivity index (χ1) is 10.9. The molecule has 1 heterocycles. The lowest BCUT2D eigenvalue weighted by Crippen LogP contribution is -2.20. The Kier molecular flexibility index (Phi) is 5.56. The predicted octanol–water partition coefficient (Wildman–Crippen LogP) is 3.19. The van der Waals surface area contributed by atoms with Gasteiger partial charge in [0.2, 0.25) is 0 Å². The molecule has 0 spiro atoms. The van der Waals surface area contributed by atoms with Crippen LogP contribution in [0.4, 0.5) is 5.00 Å². The van der Waals surface area contributed by atoms with E-state index >= 15 is 0 Å². The van der Waals surface area contributed by atoms with E-state index in [1.807, 2.05) is 0 Å². The number of carbonyl (C=O) groups excluding carboxylic acids is 2. The minimum atomic E-state index is -0.542. The van der Waals surface area contributed by atoms with Crippen LogP contribution >= 0.6 is 11.3 Å². The lowest BCUT2D eigenvalue weighted by atomic mass is 9.89. The molecule has 0 radical (unpaired) electrons. The van der Waals surface area contributed by atoms with Gasteiger partial charge in [-0.3, -0.25) is 4.79 Å². The Morgan fingerprint density at radius 1 is 1.48 bits per heavy atom. The van der Waals surface area contributed by atoms with Crippen molar-refractivity contribution in [3.63, 3.8) is 0 Å². The third kappa shape index (κ3) is 4.42. The summed E-state index contributed by atoms with van der Waals surface area (Å²) in [5.74, 6) is -0.370. The van der Waals surface area contributed by atoms with Gasteiger partial charge in [0.15, 0.2) is 6.61 Å². The third-order valence-electron chi connectivity index (χ3n) is 3.63. The van der Waals surface area contributed by atoms with Crippen LogP contribution in [0.1, 0.15) is 43.2 Å². The topological polar surface area (TPSA) is 79.2 Å². The molecule has 122 valence electrons. The molecule has 0 saturated carbocycles. The SMILES string of the molecule is CC(C)=CC(=O)OCC(=O)Nc1sc2c(c1C#N)CC[C@H](C)C2. The second-order valence-corrected chi connectivity index (χ2v) is 7.15. The summed E-state index contributed by atoms with van der Waals surface area (Å²) >= 11 is 1.46. The molecule has 1 aromatic rings. The fourth-order valence-electron chi connectivity index (χ4n) is 2.53. The zero-order valence-electron chi connectivity index (χ0n) is 13.6. The molecule has 0 fully saturated rings. The van der Waals surface area contributed by atoms with Crippen molar-refractivity contribution in [3.8, 4) is 6.07 Å². The molecule has 6 heteroatoms. The number of carbonyl (C=O) groups is 2. The van der Waals surface area contributed by atoms with Crippen LogP contribution in [0.5, 0.6) is 0 Å². The number of rotatable bonds is 4. The number of nitrogens with zero attached hydrogens (tertiary/aromatic N) is 1. The maximum Gasteiger partial charge on any atom is 0.331 e. The van der Waals surface area contributed by atoms with E-state index in [1.165, 1.54) is 22.3 Å². The maximum atomic E-state index is 11.9. The Morgan fingerprint density at radius 2 is 2.22 bits per heavy atom. The number of esters is 1. The first-order valence-electron chi connectivity index (χ1n) is 7.56. The highest BCUT2D eigenvalue weighted by Gasteiger charge is 2.24. The molecule has 23 heavy (non-hydrogen) atoms. The first-order valence-corrected chi connectivity index (χ1v) is 8.38. The van der Waals surface area contributed by atoms with Crippen LogP contribution < -0.4 is 5.32 Å². The summed E-state index contributed by atoms with van der Waals surface area (Å²) in [5.41, 5.74) is 2.43. The van der Waals surface area contributed by atoms with E-state index < -0.39 is 11.9 Å². The number of amides is 1. The molecule has 1 amide bonds. The number of ether oxygens (including phenoxy) is 1. The van der Waals surface area contributed by atoms with Crippen molar-refractivity contribution in [3.05, 3.63) is 27.7 Å². The summed E-state index contributed by atoms with van der Waals surface area (Å²) in [6.07, 6.45) is 4.22. The summed E-state index contributed by atoms with van der Waals surface area (Å²) in [6, 6.07) is 2.19. The zero-order chi connectivity index (χ0) is 17.0. The summed E-state index contributed by atoms with van der Waals surface area (Å²) < 4.78 is 4.87. The highest BCUT2D eigenvalue weighted by Crippen LogP contribution is 2.39. The van der Waals surface area contributed by atoms with Crippen LogP contribution in [0.3, 0.4) is 0 Å². The molecule has 1 N–H and O–H groups in total. The van der Waals surface area contributed by atoms with E-state index in [4.69, 9.17) is 4.74 Å². The Morgan fingerprint density at radius 3 is 2.87 bits per heavy atom. The van der Waals surface area contributed by atoms with E-state index in [0.717, 1.165) is 30.4 Å². The smallest absolute Gasteiger partial charge is 0.331 e. The molecule has 0 saturated heterocycles. The predicted molar refractivity (Wildman–Crippen MR) is 89.2 cm³/mol. The van der Waals surface area contributed by atoms with Crippen molar-refractivity contribution in [1.29, 1.82) is 5.26 Å². The standard InChI is InChI=1S/C17H20N2O3S/c1-10(2)6-16(21)22-9-15(20)19-17-13(8-18)12-5-4-11(3)7-14(12)23-17/h6,11H,4-5,7,9H2,1-3H3,(H,19,20)/t11-/m0/s1. The molecule has 0 aromatic carbocycles. The van der Waals surface area contributed by atoms with Crippen molar-refractivity contribution in [2.24, 2.45) is 5.92 Å². The number of nitriles is 1. The third-order valence-corrected chi connectivity index (χ3v) is 4.80. The van der Waals surface area contributed by atoms with Gasteiger partial charge in [-0.25, -0.2) is 4.79 Å². The summed E-state index contributed by atoms with van der Waals surface area (Å²) in [4.78, 5) is 24.5. The lowest BCUT2D eigenvalue weighted by molar-refractivity contribution is -0.142. The Bertz CT molecular complexity index is 693. The number of fused-ring (bicyclic) bond motifs is 1. The van der Waals surface area contributed by atoms with Crippen molar-refractivity contribution in [2.45, 2.75) is 40.0 Å². The molecule has 0 unspecified atom stereocenters. The Balaban J connectivity index is 2.03. The lowest BCUT2D eigenvalue weighted by Gasteiger charge is -2.17. The van der Waals surface area contributed by atoms with Gasteiger partial charge in [0.25, 0.3) is 5.91 Å². The first kappa shape index (κ1) is 17.2. The van der Waals surface area contributed by atoms with Gasteiger partial charge in [-0.05, 0) is 44.6 Å². The number of thiophene rings is 1. The molecular formula is C17H20N2O3S. The number of hydrogen-bond acceptors (Lipinski definition) is 5. The zero-order valence-corrected chi connectivity index (χ0v) is 14.4. The quantitative estimate of drug-likeness (QED) is 0.678. The monoisotopic (exact) mass is 332 g/mol. The van der Waals surface area contributed by atoms with E-state index in [0.29, 0.717) is 16.5 Å². The number of allylic oxidation sites excluding steroid dienone is 1. The van der Waals surface area contributed by atoms with Crippen molar-refractivity contribution >= 4 is 28.2 Å². The highest BCUT2D eigenvalue weighted by molar-refractivity contribution is 7.16. The molecule has 0 aliphatic heterocycles. The van der Waals surface area contributed by atoms with Crippen molar-refractivity contribution in [1.82, 2.24) is 0 Å². The largest absolute Gasteiger partial charge is 0.452 e. The molecule has 1 atom stereocenters. The van der Waals surface area contributed by atoms with E-state index in [9.17, 15) is 14.9 Å². The number of nitrogens with one attached hydrogen (secondary N) is 1. The fraction of sp³-hybridized carbons (Fsp3) is 0.471. The number of anilines is 1. The van der Waals surface area contributed by atoms with Gasteiger partial charge in [-0.2, -0.15) is 5.26 Å². The molecule has 0 bridgehead atoms. The maximum absolute atomic E-state index is 11.9. The van der Waals surface area contributed by atoms with Crippen LogP contribution in [0.15, 0.2) is 11.6 Å². The van der Waals surface area contributed by atoms with Crippen LogP contribution in [0, 0.1) is 17.2 Å². The molecule has 2 rings (SSSR count). The van der Waals surface area contributed by atoms with E-state index in [2.05, 4.69) is 18.3 Å². The molecule has 5 nitrogen and oxygen atoms in total. The summed E-state index contributed by atoms with van der Waals surface area (Å²) in [5, 5.41) is 12.6. The second-order valence-electron chi connectivity index (χ2n) is 6.05. The molecular weight excluding hydrogens is 312 g/mol. The summed E-state index contributed by atoms with van der Waals surface area (Å²) in [7, 11) is 0. The van der Waals surface area contributed by atoms with Gasteiger partial charge in [-0.15, -0.1) is 11.3 Å². The van der Waals surface area contributed by atoms with Crippen LogP contribution in [-0.2, 0) is 27.2 Å². The normalized spacial score (nSPS) is 16.0. The Hall–Kier alpha value is -2.13. The average molecular weight is 332 g/mol. The van der Waals surface area contributed by atoms with E-state index in [1.54, 1.807) is 13.8 Å². The van der Waals surface area contributed by atoms with Gasteiger partial charge in [0.1, 0.15) is 11.1 Å². The minimum Gasteiger partial charge on any atom is -0.452 e. The molecule has 1 aliphatic carbocycles. The van der Waals surface area contributed by atoms with Crippen LogP contribution in [-0.4, -0.2) is 18.5 Å². The molecule has 1 aromatic heterocycles. The van der Waals surface area contributed by atoms with Crippen LogP contribution in [0.2, 0.25) is 0 Å². The Labute approximate surface area is 139 Å². The van der Waals surface area contributed by atoms with E-state index in [-0.39, 0.29) is 6.61 Å². The fourth-order valence-corrected chi connectivity index (χ4v) is 3.91. The van der Waals surface area contributed by atoms with Gasteiger partial charge >= 0.3 is 5.97 Å². The summed E-state index contributed by atoms with van der Waals surface area (Å²) in [6.45, 7) is 5.39. The van der Waals surface area contributed by atoms with Gasteiger partial charge in [0, 0.05) is 11.0 Å². The van der Waals surface area contributed by atoms with Gasteiger partial charge in [-0.1, -0.05) is 12.5 Å². The van der Waals surface area contributed by atoms with Gasteiger partial charge < -0.3 is 10.1 Å². The van der Waals surface area contributed by atoms with Crippen molar-refractivity contribution in [2.75, 3.05) is 11.9 Å². The molecule has 1 aliphatic rings. The van der Waals surface area contributed by atoms with Gasteiger partial charge in [0.05, 0.1) is 5.56 Å².